The van der Waals surface area contributed by atoms with Crippen molar-refractivity contribution in [3.63, 3.8) is 0 Å². The Morgan fingerprint density at radius 1 is 1.05 bits per heavy atom. The maximum absolute atomic E-state index is 3.73. The second-order valence-corrected chi connectivity index (χ2v) is 7.91. The van der Waals surface area contributed by atoms with E-state index in [1.807, 2.05) is 0 Å². The monoisotopic (exact) mass is 266 g/mol. The van der Waals surface area contributed by atoms with Gasteiger partial charge in [-0.25, -0.2) is 0 Å². The van der Waals surface area contributed by atoms with Crippen LogP contribution in [0.5, 0.6) is 0 Å². The molecule has 2 aliphatic rings. The average molecular weight is 266 g/mol. The molecule has 0 amide bonds. The van der Waals surface area contributed by atoms with Crippen LogP contribution in [0.25, 0.3) is 0 Å². The molecule has 1 unspecified atom stereocenters. The summed E-state index contributed by atoms with van der Waals surface area (Å²) in [7, 11) is 0. The van der Waals surface area contributed by atoms with Gasteiger partial charge in [0, 0.05) is 31.2 Å². The van der Waals surface area contributed by atoms with Gasteiger partial charge in [-0.1, -0.05) is 13.3 Å². The van der Waals surface area contributed by atoms with Crippen molar-refractivity contribution in [2.24, 2.45) is 11.8 Å². The van der Waals surface area contributed by atoms with Crippen molar-refractivity contribution in [2.75, 3.05) is 19.6 Å². The molecule has 2 aliphatic carbocycles. The molecule has 1 N–H and O–H groups in total. The number of nitrogens with zero attached hydrogens (tertiary/aromatic N) is 1. The maximum Gasteiger partial charge on any atom is 0.0220 e. The van der Waals surface area contributed by atoms with E-state index in [1.165, 1.54) is 51.6 Å². The summed E-state index contributed by atoms with van der Waals surface area (Å²) in [5.74, 6) is 2.04. The van der Waals surface area contributed by atoms with Crippen molar-refractivity contribution in [3.05, 3.63) is 0 Å². The maximum atomic E-state index is 3.73. The van der Waals surface area contributed by atoms with Crippen LogP contribution in [0.3, 0.4) is 0 Å². The first-order valence-corrected chi connectivity index (χ1v) is 8.47. The summed E-state index contributed by atoms with van der Waals surface area (Å²) in [6.07, 6.45) is 8.57. The topological polar surface area (TPSA) is 15.3 Å². The zero-order chi connectivity index (χ0) is 13.9. The molecule has 112 valence electrons. The van der Waals surface area contributed by atoms with Gasteiger partial charge in [-0.15, -0.1) is 0 Å². The van der Waals surface area contributed by atoms with Gasteiger partial charge in [0.2, 0.25) is 0 Å². The Kier molecular flexibility index (Phi) is 5.30. The van der Waals surface area contributed by atoms with E-state index in [0.717, 1.165) is 24.4 Å². The highest BCUT2D eigenvalue weighted by molar-refractivity contribution is 4.87. The number of hydrogen-bond acceptors (Lipinski definition) is 2. The third kappa shape index (κ3) is 6.27. The van der Waals surface area contributed by atoms with Crippen molar-refractivity contribution < 1.29 is 0 Å². The van der Waals surface area contributed by atoms with Gasteiger partial charge in [0.15, 0.2) is 0 Å². The average Bonchev–Trinajstić information content (AvgIpc) is 3.16. The largest absolute Gasteiger partial charge is 0.311 e. The normalized spacial score (nSPS) is 21.9. The number of nitrogens with one attached hydrogen (secondary N) is 1. The van der Waals surface area contributed by atoms with E-state index in [-0.39, 0.29) is 5.54 Å². The Bertz CT molecular complexity index is 247. The van der Waals surface area contributed by atoms with E-state index < -0.39 is 0 Å². The highest BCUT2D eigenvalue weighted by atomic mass is 15.2. The van der Waals surface area contributed by atoms with Gasteiger partial charge < -0.3 is 5.32 Å². The standard InChI is InChI=1S/C17H34N2/c1-5-6-16(11-18-17(2,3)4)19(12-14-7-8-14)13-15-9-10-15/h14-16,18H,5-13H2,1-4H3. The van der Waals surface area contributed by atoms with Gasteiger partial charge in [-0.05, 0) is 64.7 Å². The van der Waals surface area contributed by atoms with Crippen LogP contribution in [0.15, 0.2) is 0 Å². The summed E-state index contributed by atoms with van der Waals surface area (Å²) in [5.41, 5.74) is 0.247. The fourth-order valence-corrected chi connectivity index (χ4v) is 2.81. The van der Waals surface area contributed by atoms with Crippen LogP contribution in [0.4, 0.5) is 0 Å². The van der Waals surface area contributed by atoms with Crippen LogP contribution in [0.1, 0.15) is 66.2 Å². The Balaban J connectivity index is 1.86. The molecule has 2 saturated carbocycles. The molecule has 19 heavy (non-hydrogen) atoms. The molecular formula is C17H34N2. The highest BCUT2D eigenvalue weighted by Crippen LogP contribution is 2.34. The molecule has 2 nitrogen and oxygen atoms in total. The molecule has 0 aromatic carbocycles. The molecule has 0 aromatic rings. The third-order valence-electron chi connectivity index (χ3n) is 4.39. The van der Waals surface area contributed by atoms with Crippen molar-refractivity contribution in [3.8, 4) is 0 Å². The lowest BCUT2D eigenvalue weighted by atomic mass is 10.0. The fourth-order valence-electron chi connectivity index (χ4n) is 2.81. The van der Waals surface area contributed by atoms with Crippen LogP contribution in [-0.2, 0) is 0 Å². The Labute approximate surface area is 120 Å². The van der Waals surface area contributed by atoms with E-state index in [2.05, 4.69) is 37.9 Å². The molecule has 0 bridgehead atoms. The van der Waals surface area contributed by atoms with E-state index in [0.29, 0.717) is 0 Å². The lowest BCUT2D eigenvalue weighted by Crippen LogP contribution is -2.48. The van der Waals surface area contributed by atoms with E-state index in [9.17, 15) is 0 Å². The quantitative estimate of drug-likeness (QED) is 0.685. The van der Waals surface area contributed by atoms with Gasteiger partial charge in [0.05, 0.1) is 0 Å². The molecule has 0 radical (unpaired) electrons. The van der Waals surface area contributed by atoms with Crippen LogP contribution in [0.2, 0.25) is 0 Å². The summed E-state index contributed by atoms with van der Waals surface area (Å²) >= 11 is 0. The fraction of sp³-hybridized carbons (Fsp3) is 1.00. The molecule has 2 rings (SSSR count). The van der Waals surface area contributed by atoms with Crippen molar-refractivity contribution >= 4 is 0 Å². The van der Waals surface area contributed by atoms with Crippen molar-refractivity contribution in [1.29, 1.82) is 0 Å². The lowest BCUT2D eigenvalue weighted by Gasteiger charge is -2.34. The van der Waals surface area contributed by atoms with Crippen LogP contribution in [0, 0.1) is 11.8 Å². The SMILES string of the molecule is CCCC(CNC(C)(C)C)N(CC1CC1)CC1CC1. The summed E-state index contributed by atoms with van der Waals surface area (Å²) < 4.78 is 0. The minimum atomic E-state index is 0.247. The zero-order valence-electron chi connectivity index (χ0n) is 13.5. The van der Waals surface area contributed by atoms with E-state index in [4.69, 9.17) is 0 Å². The minimum absolute atomic E-state index is 0.247. The molecule has 0 spiro atoms. The summed E-state index contributed by atoms with van der Waals surface area (Å²) in [6.45, 7) is 13.1. The summed E-state index contributed by atoms with van der Waals surface area (Å²) in [4.78, 5) is 2.83. The molecule has 2 fully saturated rings. The lowest BCUT2D eigenvalue weighted by molar-refractivity contribution is 0.159. The first kappa shape index (κ1) is 15.3. The van der Waals surface area contributed by atoms with Gasteiger partial charge in [0.25, 0.3) is 0 Å². The van der Waals surface area contributed by atoms with Crippen molar-refractivity contribution in [1.82, 2.24) is 10.2 Å². The van der Waals surface area contributed by atoms with Gasteiger partial charge in [-0.2, -0.15) is 0 Å². The van der Waals surface area contributed by atoms with Gasteiger partial charge in [-0.3, -0.25) is 4.90 Å². The van der Waals surface area contributed by atoms with Crippen LogP contribution < -0.4 is 5.32 Å². The van der Waals surface area contributed by atoms with Crippen LogP contribution in [-0.4, -0.2) is 36.1 Å². The highest BCUT2D eigenvalue weighted by Gasteiger charge is 2.32. The molecule has 1 atom stereocenters. The predicted molar refractivity (Wildman–Crippen MR) is 83.5 cm³/mol. The molecule has 0 aliphatic heterocycles. The van der Waals surface area contributed by atoms with Gasteiger partial charge >= 0.3 is 0 Å². The zero-order valence-corrected chi connectivity index (χ0v) is 13.5. The third-order valence-corrected chi connectivity index (χ3v) is 4.39. The van der Waals surface area contributed by atoms with E-state index >= 15 is 0 Å². The number of rotatable bonds is 9. The Morgan fingerprint density at radius 3 is 1.95 bits per heavy atom. The first-order valence-electron chi connectivity index (χ1n) is 8.47. The number of hydrogen-bond donors (Lipinski definition) is 1. The second-order valence-electron chi connectivity index (χ2n) is 7.91. The smallest absolute Gasteiger partial charge is 0.0220 e. The summed E-state index contributed by atoms with van der Waals surface area (Å²) in [6, 6.07) is 0.755. The Morgan fingerprint density at radius 2 is 1.58 bits per heavy atom. The molecule has 0 aromatic heterocycles. The predicted octanol–water partition coefficient (Wildman–Crippen LogP) is 3.67. The van der Waals surface area contributed by atoms with E-state index in [1.54, 1.807) is 0 Å². The minimum Gasteiger partial charge on any atom is -0.311 e. The van der Waals surface area contributed by atoms with Crippen LogP contribution >= 0.6 is 0 Å². The van der Waals surface area contributed by atoms with Gasteiger partial charge in [0.1, 0.15) is 0 Å². The summed E-state index contributed by atoms with van der Waals surface area (Å²) in [5, 5.41) is 3.73. The molecular weight excluding hydrogens is 232 g/mol. The molecule has 2 heteroatoms. The molecule has 0 saturated heterocycles. The second kappa shape index (κ2) is 6.58. The molecule has 0 heterocycles. The van der Waals surface area contributed by atoms with Crippen molar-refractivity contribution in [2.45, 2.75) is 77.8 Å². The first-order chi connectivity index (χ1) is 8.98. The Hall–Kier alpha value is -0.0800.